The van der Waals surface area contributed by atoms with Crippen LogP contribution in [-0.4, -0.2) is 54.0 Å². The van der Waals surface area contributed by atoms with Crippen molar-refractivity contribution in [3.8, 4) is 0 Å². The van der Waals surface area contributed by atoms with E-state index in [0.717, 1.165) is 31.5 Å². The van der Waals surface area contributed by atoms with Gasteiger partial charge >= 0.3 is 5.97 Å². The molecule has 2 aliphatic heterocycles. The molecule has 0 aliphatic carbocycles. The van der Waals surface area contributed by atoms with E-state index < -0.39 is 5.97 Å². The lowest BCUT2D eigenvalue weighted by Crippen LogP contribution is -2.38. The third-order valence-electron chi connectivity index (χ3n) is 7.05. The fraction of sp³-hybridized carbons (Fsp3) is 0.233. The summed E-state index contributed by atoms with van der Waals surface area (Å²) in [6.45, 7) is 3.58. The van der Waals surface area contributed by atoms with Gasteiger partial charge in [-0.15, -0.1) is 0 Å². The molecule has 9 nitrogen and oxygen atoms in total. The first-order valence-corrected chi connectivity index (χ1v) is 12.8. The SMILES string of the molecule is Cc1cc2c(cc1C(=O)O)NC(=O)/C2=C(/Nc1ccc(C(=O)NOC2CCN(C)CC2)cc1)c1ccccc1. The molecule has 200 valence electrons. The van der Waals surface area contributed by atoms with E-state index in [-0.39, 0.29) is 23.5 Å². The van der Waals surface area contributed by atoms with E-state index in [1.807, 2.05) is 30.3 Å². The molecule has 2 aliphatic rings. The smallest absolute Gasteiger partial charge is 0.336 e. The molecular weight excluding hydrogens is 496 g/mol. The highest BCUT2D eigenvalue weighted by molar-refractivity contribution is 6.37. The number of carboxylic acid groups (broad SMARTS) is 1. The topological polar surface area (TPSA) is 120 Å². The number of aromatic carboxylic acids is 1. The van der Waals surface area contributed by atoms with Crippen LogP contribution in [-0.2, 0) is 9.63 Å². The van der Waals surface area contributed by atoms with Gasteiger partial charge in [-0.3, -0.25) is 14.4 Å². The van der Waals surface area contributed by atoms with Crippen LogP contribution in [0.4, 0.5) is 11.4 Å². The predicted octanol–water partition coefficient (Wildman–Crippen LogP) is 4.38. The Morgan fingerprint density at radius 1 is 1.00 bits per heavy atom. The van der Waals surface area contributed by atoms with E-state index in [0.29, 0.717) is 39.3 Å². The van der Waals surface area contributed by atoms with Crippen LogP contribution in [0.2, 0.25) is 0 Å². The van der Waals surface area contributed by atoms with Gasteiger partial charge in [-0.1, -0.05) is 30.3 Å². The second kappa shape index (κ2) is 11.1. The summed E-state index contributed by atoms with van der Waals surface area (Å²) in [4.78, 5) is 45.3. The van der Waals surface area contributed by atoms with Crippen LogP contribution in [0.1, 0.15) is 50.2 Å². The number of nitrogens with zero attached hydrogens (tertiary/aromatic N) is 1. The summed E-state index contributed by atoms with van der Waals surface area (Å²) in [6.07, 6.45) is 1.73. The summed E-state index contributed by atoms with van der Waals surface area (Å²) in [6, 6.07) is 19.5. The van der Waals surface area contributed by atoms with Gasteiger partial charge in [-0.25, -0.2) is 10.3 Å². The molecule has 2 amide bonds. The van der Waals surface area contributed by atoms with E-state index in [1.165, 1.54) is 6.07 Å². The molecule has 0 saturated carbocycles. The normalized spacial score (nSPS) is 16.8. The fourth-order valence-corrected chi connectivity index (χ4v) is 4.84. The Morgan fingerprint density at radius 3 is 2.36 bits per heavy atom. The average molecular weight is 527 g/mol. The number of anilines is 2. The second-order valence-electron chi connectivity index (χ2n) is 9.84. The number of carboxylic acids is 1. The first-order chi connectivity index (χ1) is 18.8. The molecular formula is C30H30N4O5. The van der Waals surface area contributed by atoms with Crippen molar-refractivity contribution >= 4 is 40.4 Å². The summed E-state index contributed by atoms with van der Waals surface area (Å²) in [5.74, 6) is -1.71. The molecule has 0 bridgehead atoms. The monoisotopic (exact) mass is 526 g/mol. The van der Waals surface area contributed by atoms with Gasteiger partial charge in [0.25, 0.3) is 11.8 Å². The third kappa shape index (κ3) is 5.69. The highest BCUT2D eigenvalue weighted by Gasteiger charge is 2.30. The maximum absolute atomic E-state index is 13.2. The van der Waals surface area contributed by atoms with Gasteiger partial charge in [0.05, 0.1) is 28.6 Å². The molecule has 3 aromatic carbocycles. The zero-order valence-electron chi connectivity index (χ0n) is 21.8. The molecule has 5 rings (SSSR count). The first-order valence-electron chi connectivity index (χ1n) is 12.8. The molecule has 0 spiro atoms. The number of hydrogen-bond donors (Lipinski definition) is 4. The minimum atomic E-state index is -1.05. The minimum Gasteiger partial charge on any atom is -0.478 e. The fourth-order valence-electron chi connectivity index (χ4n) is 4.84. The highest BCUT2D eigenvalue weighted by atomic mass is 16.7. The summed E-state index contributed by atoms with van der Waals surface area (Å²) < 4.78 is 0. The van der Waals surface area contributed by atoms with Crippen molar-refractivity contribution in [1.29, 1.82) is 0 Å². The van der Waals surface area contributed by atoms with E-state index in [4.69, 9.17) is 4.84 Å². The van der Waals surface area contributed by atoms with Crippen molar-refractivity contribution in [2.75, 3.05) is 30.8 Å². The molecule has 4 N–H and O–H groups in total. The number of likely N-dealkylation sites (tertiary alicyclic amines) is 1. The number of fused-ring (bicyclic) bond motifs is 1. The number of rotatable bonds is 7. The van der Waals surface area contributed by atoms with Crippen LogP contribution in [0, 0.1) is 6.92 Å². The zero-order valence-corrected chi connectivity index (χ0v) is 21.8. The van der Waals surface area contributed by atoms with Gasteiger partial charge in [0.1, 0.15) is 0 Å². The van der Waals surface area contributed by atoms with Gasteiger partial charge in [-0.05, 0) is 74.3 Å². The number of nitrogens with one attached hydrogen (secondary N) is 3. The van der Waals surface area contributed by atoms with Gasteiger partial charge < -0.3 is 20.6 Å². The Bertz CT molecular complexity index is 1440. The molecule has 9 heteroatoms. The molecule has 39 heavy (non-hydrogen) atoms. The van der Waals surface area contributed by atoms with E-state index >= 15 is 0 Å². The van der Waals surface area contributed by atoms with Crippen molar-refractivity contribution < 1.29 is 24.3 Å². The van der Waals surface area contributed by atoms with Crippen molar-refractivity contribution in [2.24, 2.45) is 0 Å². The van der Waals surface area contributed by atoms with Crippen LogP contribution >= 0.6 is 0 Å². The number of piperidine rings is 1. The van der Waals surface area contributed by atoms with Crippen molar-refractivity contribution in [3.63, 3.8) is 0 Å². The minimum absolute atomic E-state index is 0.00166. The standard InChI is InChI=1S/C30H30N4O5/c1-18-16-24-25(17-23(18)30(37)38)32-29(36)26(24)27(19-6-4-3-5-7-19)31-21-10-8-20(9-11-21)28(35)33-39-22-12-14-34(2)15-13-22/h3-11,16-17,22,31H,12-15H2,1-2H3,(H,32,36)(H,33,35)(H,37,38)/b27-26+. The quantitative estimate of drug-likeness (QED) is 0.266. The molecule has 0 aromatic heterocycles. The molecule has 3 aromatic rings. The average Bonchev–Trinajstić information content (AvgIpc) is 3.25. The Hall–Kier alpha value is -4.47. The molecule has 1 saturated heterocycles. The second-order valence-corrected chi connectivity index (χ2v) is 9.84. The van der Waals surface area contributed by atoms with Gasteiger partial charge in [0.15, 0.2) is 0 Å². The summed E-state index contributed by atoms with van der Waals surface area (Å²) in [7, 11) is 2.07. The number of carbonyl (C=O) groups is 3. The Labute approximate surface area is 226 Å². The Morgan fingerprint density at radius 2 is 1.69 bits per heavy atom. The lowest BCUT2D eigenvalue weighted by Gasteiger charge is -2.28. The number of aryl methyl sites for hydroxylation is 1. The van der Waals surface area contributed by atoms with E-state index in [2.05, 4.69) is 28.1 Å². The first kappa shape index (κ1) is 26.1. The molecule has 0 radical (unpaired) electrons. The highest BCUT2D eigenvalue weighted by Crippen LogP contribution is 2.39. The number of benzene rings is 3. The van der Waals surface area contributed by atoms with Crippen molar-refractivity contribution in [2.45, 2.75) is 25.9 Å². The van der Waals surface area contributed by atoms with Crippen LogP contribution in [0.5, 0.6) is 0 Å². The molecule has 2 heterocycles. The number of amides is 2. The van der Waals surface area contributed by atoms with Crippen LogP contribution < -0.4 is 16.1 Å². The largest absolute Gasteiger partial charge is 0.478 e. The molecule has 0 atom stereocenters. The van der Waals surface area contributed by atoms with E-state index in [9.17, 15) is 19.5 Å². The molecule has 1 fully saturated rings. The van der Waals surface area contributed by atoms with E-state index in [1.54, 1.807) is 37.3 Å². The van der Waals surface area contributed by atoms with Gasteiger partial charge in [0, 0.05) is 29.9 Å². The van der Waals surface area contributed by atoms with Gasteiger partial charge in [-0.2, -0.15) is 0 Å². The van der Waals surface area contributed by atoms with Crippen molar-refractivity contribution in [3.05, 3.63) is 94.5 Å². The maximum atomic E-state index is 13.2. The van der Waals surface area contributed by atoms with Gasteiger partial charge in [0.2, 0.25) is 0 Å². The maximum Gasteiger partial charge on any atom is 0.336 e. The van der Waals surface area contributed by atoms with Crippen LogP contribution in [0.25, 0.3) is 11.3 Å². The number of hydroxylamine groups is 1. The number of hydrogen-bond acceptors (Lipinski definition) is 6. The summed E-state index contributed by atoms with van der Waals surface area (Å²) in [5.41, 5.74) is 7.21. The van der Waals surface area contributed by atoms with Crippen LogP contribution in [0.15, 0.2) is 66.7 Å². The lowest BCUT2D eigenvalue weighted by molar-refractivity contribution is -0.110. The van der Waals surface area contributed by atoms with Crippen molar-refractivity contribution in [1.82, 2.24) is 10.4 Å². The number of carbonyl (C=O) groups excluding carboxylic acids is 2. The summed E-state index contributed by atoms with van der Waals surface area (Å²) in [5, 5.41) is 15.7. The zero-order chi connectivity index (χ0) is 27.5. The Kier molecular flexibility index (Phi) is 7.44. The third-order valence-corrected chi connectivity index (χ3v) is 7.05. The predicted molar refractivity (Wildman–Crippen MR) is 149 cm³/mol. The lowest BCUT2D eigenvalue weighted by atomic mass is 9.96. The Balaban J connectivity index is 1.40. The van der Waals surface area contributed by atoms with Crippen LogP contribution in [0.3, 0.4) is 0 Å². The molecule has 0 unspecified atom stereocenters. The summed E-state index contributed by atoms with van der Waals surface area (Å²) >= 11 is 0.